The van der Waals surface area contributed by atoms with Gasteiger partial charge in [-0.3, -0.25) is 4.90 Å². The number of nitrogens with zero attached hydrogens (tertiary/aromatic N) is 1. The second-order valence-electron chi connectivity index (χ2n) is 6.46. The van der Waals surface area contributed by atoms with Gasteiger partial charge in [0.15, 0.2) is 0 Å². The molecule has 1 N–H and O–H groups in total. The Labute approximate surface area is 106 Å². The summed E-state index contributed by atoms with van der Waals surface area (Å²) < 4.78 is 5.48. The van der Waals surface area contributed by atoms with Crippen LogP contribution in [0.15, 0.2) is 0 Å². The SMILES string of the molecule is CC(C)C1CN(CC2(C)CCOCC2)CCN1. The van der Waals surface area contributed by atoms with E-state index in [0.717, 1.165) is 25.7 Å². The number of hydrogen-bond acceptors (Lipinski definition) is 3. The molecule has 0 aromatic rings. The van der Waals surface area contributed by atoms with Gasteiger partial charge in [0, 0.05) is 45.4 Å². The van der Waals surface area contributed by atoms with E-state index in [1.54, 1.807) is 0 Å². The van der Waals surface area contributed by atoms with Crippen LogP contribution >= 0.6 is 0 Å². The van der Waals surface area contributed by atoms with Gasteiger partial charge in [-0.1, -0.05) is 20.8 Å². The monoisotopic (exact) mass is 240 g/mol. The molecule has 0 saturated carbocycles. The molecule has 2 saturated heterocycles. The highest BCUT2D eigenvalue weighted by molar-refractivity contribution is 4.86. The van der Waals surface area contributed by atoms with E-state index in [2.05, 4.69) is 31.0 Å². The van der Waals surface area contributed by atoms with E-state index in [9.17, 15) is 0 Å². The van der Waals surface area contributed by atoms with Crippen molar-refractivity contribution in [1.29, 1.82) is 0 Å². The van der Waals surface area contributed by atoms with Crippen LogP contribution in [-0.2, 0) is 4.74 Å². The molecular formula is C14H28N2O. The topological polar surface area (TPSA) is 24.5 Å². The highest BCUT2D eigenvalue weighted by Crippen LogP contribution is 2.31. The minimum Gasteiger partial charge on any atom is -0.381 e. The Morgan fingerprint density at radius 1 is 1.35 bits per heavy atom. The standard InChI is InChI=1S/C14H28N2O/c1-12(2)13-10-16(7-6-15-13)11-14(3)4-8-17-9-5-14/h12-13,15H,4-11H2,1-3H3. The molecule has 2 aliphatic rings. The van der Waals surface area contributed by atoms with Crippen LogP contribution in [0.1, 0.15) is 33.6 Å². The molecule has 0 amide bonds. The molecule has 0 aromatic carbocycles. The first-order valence-electron chi connectivity index (χ1n) is 7.13. The maximum Gasteiger partial charge on any atom is 0.0471 e. The van der Waals surface area contributed by atoms with Crippen molar-refractivity contribution < 1.29 is 4.74 Å². The van der Waals surface area contributed by atoms with Gasteiger partial charge in [-0.25, -0.2) is 0 Å². The van der Waals surface area contributed by atoms with Gasteiger partial charge in [0.2, 0.25) is 0 Å². The van der Waals surface area contributed by atoms with Crippen molar-refractivity contribution >= 4 is 0 Å². The van der Waals surface area contributed by atoms with Crippen LogP contribution in [0, 0.1) is 11.3 Å². The van der Waals surface area contributed by atoms with E-state index >= 15 is 0 Å². The normalized spacial score (nSPS) is 30.7. The average molecular weight is 240 g/mol. The summed E-state index contributed by atoms with van der Waals surface area (Å²) in [4.78, 5) is 2.66. The fraction of sp³-hybridized carbons (Fsp3) is 1.00. The van der Waals surface area contributed by atoms with Crippen molar-refractivity contribution in [2.75, 3.05) is 39.4 Å². The van der Waals surface area contributed by atoms with E-state index in [4.69, 9.17) is 4.74 Å². The minimum absolute atomic E-state index is 0.483. The molecule has 17 heavy (non-hydrogen) atoms. The number of piperazine rings is 1. The van der Waals surface area contributed by atoms with Crippen LogP contribution in [0.5, 0.6) is 0 Å². The summed E-state index contributed by atoms with van der Waals surface area (Å²) in [5.74, 6) is 0.736. The van der Waals surface area contributed by atoms with Crippen LogP contribution in [0.2, 0.25) is 0 Å². The molecule has 3 heteroatoms. The summed E-state index contributed by atoms with van der Waals surface area (Å²) in [5, 5.41) is 3.63. The predicted octanol–water partition coefficient (Wildman–Crippen LogP) is 1.73. The summed E-state index contributed by atoms with van der Waals surface area (Å²) in [6, 6.07) is 0.673. The fourth-order valence-corrected chi connectivity index (χ4v) is 2.99. The van der Waals surface area contributed by atoms with Crippen molar-refractivity contribution in [2.24, 2.45) is 11.3 Å². The summed E-state index contributed by atoms with van der Waals surface area (Å²) in [6.45, 7) is 13.8. The zero-order valence-electron chi connectivity index (χ0n) is 11.7. The number of ether oxygens (including phenoxy) is 1. The van der Waals surface area contributed by atoms with Crippen molar-refractivity contribution in [2.45, 2.75) is 39.7 Å². The summed E-state index contributed by atoms with van der Waals surface area (Å²) in [7, 11) is 0. The van der Waals surface area contributed by atoms with Crippen LogP contribution in [0.3, 0.4) is 0 Å². The first kappa shape index (κ1) is 13.3. The highest BCUT2D eigenvalue weighted by Gasteiger charge is 2.31. The first-order valence-corrected chi connectivity index (χ1v) is 7.13. The lowest BCUT2D eigenvalue weighted by molar-refractivity contribution is -0.000694. The lowest BCUT2D eigenvalue weighted by Gasteiger charge is -2.42. The molecule has 2 rings (SSSR count). The van der Waals surface area contributed by atoms with Gasteiger partial charge in [-0.05, 0) is 24.2 Å². The van der Waals surface area contributed by atoms with Crippen molar-refractivity contribution in [1.82, 2.24) is 10.2 Å². The lowest BCUT2D eigenvalue weighted by atomic mass is 9.81. The van der Waals surface area contributed by atoms with Crippen molar-refractivity contribution in [3.05, 3.63) is 0 Å². The van der Waals surface area contributed by atoms with Gasteiger partial charge < -0.3 is 10.1 Å². The van der Waals surface area contributed by atoms with Gasteiger partial charge in [-0.2, -0.15) is 0 Å². The largest absolute Gasteiger partial charge is 0.381 e. The molecule has 2 fully saturated rings. The molecule has 3 nitrogen and oxygen atoms in total. The fourth-order valence-electron chi connectivity index (χ4n) is 2.99. The Bertz CT molecular complexity index is 236. The van der Waals surface area contributed by atoms with Gasteiger partial charge in [-0.15, -0.1) is 0 Å². The van der Waals surface area contributed by atoms with E-state index in [0.29, 0.717) is 11.5 Å². The molecule has 0 spiro atoms. The summed E-state index contributed by atoms with van der Waals surface area (Å²) >= 11 is 0. The Morgan fingerprint density at radius 3 is 2.71 bits per heavy atom. The number of rotatable bonds is 3. The van der Waals surface area contributed by atoms with Gasteiger partial charge in [0.05, 0.1) is 0 Å². The van der Waals surface area contributed by atoms with Crippen LogP contribution in [-0.4, -0.2) is 50.3 Å². The number of hydrogen-bond donors (Lipinski definition) is 1. The average Bonchev–Trinajstić information content (AvgIpc) is 2.29. The second kappa shape index (κ2) is 5.68. The molecule has 1 unspecified atom stereocenters. The third-order valence-electron chi connectivity index (χ3n) is 4.40. The molecule has 2 heterocycles. The Morgan fingerprint density at radius 2 is 2.06 bits per heavy atom. The second-order valence-corrected chi connectivity index (χ2v) is 6.46. The summed E-state index contributed by atoms with van der Waals surface area (Å²) in [5.41, 5.74) is 0.483. The molecule has 0 aliphatic carbocycles. The lowest BCUT2D eigenvalue weighted by Crippen LogP contribution is -2.55. The molecule has 0 radical (unpaired) electrons. The van der Waals surface area contributed by atoms with Crippen LogP contribution in [0.4, 0.5) is 0 Å². The Hall–Kier alpha value is -0.120. The zero-order chi connectivity index (χ0) is 12.3. The third kappa shape index (κ3) is 3.67. The summed E-state index contributed by atoms with van der Waals surface area (Å²) in [6.07, 6.45) is 2.45. The zero-order valence-corrected chi connectivity index (χ0v) is 11.7. The Kier molecular flexibility index (Phi) is 4.45. The van der Waals surface area contributed by atoms with E-state index in [1.807, 2.05) is 0 Å². The van der Waals surface area contributed by atoms with Crippen molar-refractivity contribution in [3.63, 3.8) is 0 Å². The first-order chi connectivity index (χ1) is 8.09. The van der Waals surface area contributed by atoms with Crippen LogP contribution in [0.25, 0.3) is 0 Å². The van der Waals surface area contributed by atoms with Gasteiger partial charge >= 0.3 is 0 Å². The predicted molar refractivity (Wildman–Crippen MR) is 71.2 cm³/mol. The van der Waals surface area contributed by atoms with E-state index in [1.165, 1.54) is 32.5 Å². The van der Waals surface area contributed by atoms with Gasteiger partial charge in [0.1, 0.15) is 0 Å². The molecule has 100 valence electrons. The Balaban J connectivity index is 1.85. The molecule has 2 aliphatic heterocycles. The van der Waals surface area contributed by atoms with Gasteiger partial charge in [0.25, 0.3) is 0 Å². The molecule has 0 bridgehead atoms. The van der Waals surface area contributed by atoms with Crippen molar-refractivity contribution in [3.8, 4) is 0 Å². The smallest absolute Gasteiger partial charge is 0.0471 e. The maximum absolute atomic E-state index is 5.48. The molecular weight excluding hydrogens is 212 g/mol. The minimum atomic E-state index is 0.483. The molecule has 0 aromatic heterocycles. The quantitative estimate of drug-likeness (QED) is 0.813. The van der Waals surface area contributed by atoms with E-state index < -0.39 is 0 Å². The maximum atomic E-state index is 5.48. The molecule has 1 atom stereocenters. The highest BCUT2D eigenvalue weighted by atomic mass is 16.5. The third-order valence-corrected chi connectivity index (χ3v) is 4.40. The van der Waals surface area contributed by atoms with Crippen LogP contribution < -0.4 is 5.32 Å². The van der Waals surface area contributed by atoms with E-state index in [-0.39, 0.29) is 0 Å². The number of nitrogens with one attached hydrogen (secondary N) is 1.